The Hall–Kier alpha value is -3.48. The first-order chi connectivity index (χ1) is 13.9. The van der Waals surface area contributed by atoms with Crippen LogP contribution in [0.2, 0.25) is 0 Å². The summed E-state index contributed by atoms with van der Waals surface area (Å²) in [7, 11) is 1.57. The minimum absolute atomic E-state index is 0.00436. The van der Waals surface area contributed by atoms with Crippen molar-refractivity contribution >= 4 is 10.9 Å². The number of fused-ring (bicyclic) bond motifs is 1. The predicted octanol–water partition coefficient (Wildman–Crippen LogP) is 4.04. The van der Waals surface area contributed by atoms with Crippen molar-refractivity contribution in [3.63, 3.8) is 0 Å². The Morgan fingerprint density at radius 2 is 2.00 bits per heavy atom. The largest absolute Gasteiger partial charge is 0.507 e. The molecule has 0 aliphatic carbocycles. The first kappa shape index (κ1) is 18.9. The zero-order valence-corrected chi connectivity index (χ0v) is 16.9. The SMILES string of the molecule is CCn1ccc2cc(-n3c(-c4cc(C(C)C)c(OC)cc4O)n[nH]c3=O)ccc21. The van der Waals surface area contributed by atoms with E-state index in [4.69, 9.17) is 4.74 Å². The van der Waals surface area contributed by atoms with E-state index >= 15 is 0 Å². The maximum atomic E-state index is 12.6. The molecule has 0 bridgehead atoms. The highest BCUT2D eigenvalue weighted by molar-refractivity contribution is 5.83. The summed E-state index contributed by atoms with van der Waals surface area (Å²) in [5.41, 5.74) is 2.82. The van der Waals surface area contributed by atoms with Crippen molar-refractivity contribution in [2.75, 3.05) is 7.11 Å². The van der Waals surface area contributed by atoms with Gasteiger partial charge in [-0.3, -0.25) is 0 Å². The molecule has 0 aliphatic heterocycles. The van der Waals surface area contributed by atoms with Gasteiger partial charge < -0.3 is 14.4 Å². The average Bonchev–Trinajstić information content (AvgIpc) is 3.29. The number of ether oxygens (including phenoxy) is 1. The molecule has 4 aromatic rings. The van der Waals surface area contributed by atoms with Crippen molar-refractivity contribution in [3.05, 3.63) is 58.6 Å². The second-order valence-electron chi connectivity index (χ2n) is 7.30. The van der Waals surface area contributed by atoms with E-state index in [0.717, 1.165) is 23.0 Å². The topological polar surface area (TPSA) is 85.1 Å². The monoisotopic (exact) mass is 392 g/mol. The number of methoxy groups -OCH3 is 1. The summed E-state index contributed by atoms with van der Waals surface area (Å²) >= 11 is 0. The Labute approximate surface area is 168 Å². The van der Waals surface area contributed by atoms with Crippen LogP contribution in [0.1, 0.15) is 32.3 Å². The van der Waals surface area contributed by atoms with Gasteiger partial charge >= 0.3 is 5.69 Å². The molecule has 0 saturated heterocycles. The summed E-state index contributed by atoms with van der Waals surface area (Å²) in [5, 5.41) is 18.4. The van der Waals surface area contributed by atoms with Gasteiger partial charge in [-0.2, -0.15) is 5.10 Å². The number of rotatable bonds is 5. The fourth-order valence-corrected chi connectivity index (χ4v) is 3.71. The quantitative estimate of drug-likeness (QED) is 0.537. The fraction of sp³-hybridized carbons (Fsp3) is 0.273. The van der Waals surface area contributed by atoms with Gasteiger partial charge in [-0.15, -0.1) is 0 Å². The van der Waals surface area contributed by atoms with E-state index < -0.39 is 0 Å². The minimum Gasteiger partial charge on any atom is -0.507 e. The fourth-order valence-electron chi connectivity index (χ4n) is 3.71. The van der Waals surface area contributed by atoms with Crippen LogP contribution in [-0.4, -0.2) is 31.5 Å². The highest BCUT2D eigenvalue weighted by atomic mass is 16.5. The van der Waals surface area contributed by atoms with Crippen molar-refractivity contribution in [1.29, 1.82) is 0 Å². The third kappa shape index (κ3) is 3.08. The number of hydrogen-bond acceptors (Lipinski definition) is 4. The number of aryl methyl sites for hydroxylation is 1. The Bertz CT molecular complexity index is 1250. The number of phenolic OH excluding ortho intramolecular Hbond substituents is 1. The number of H-pyrrole nitrogens is 1. The van der Waals surface area contributed by atoms with E-state index in [1.165, 1.54) is 4.57 Å². The lowest BCUT2D eigenvalue weighted by Crippen LogP contribution is -2.15. The maximum Gasteiger partial charge on any atom is 0.348 e. The van der Waals surface area contributed by atoms with Crippen LogP contribution in [0, 0.1) is 0 Å². The lowest BCUT2D eigenvalue weighted by Gasteiger charge is -2.15. The van der Waals surface area contributed by atoms with Crippen LogP contribution in [-0.2, 0) is 6.54 Å². The van der Waals surface area contributed by atoms with E-state index in [-0.39, 0.29) is 17.4 Å². The maximum absolute atomic E-state index is 12.6. The van der Waals surface area contributed by atoms with Gasteiger partial charge in [0.2, 0.25) is 0 Å². The molecule has 4 rings (SSSR count). The number of benzene rings is 2. The molecule has 150 valence electrons. The zero-order valence-electron chi connectivity index (χ0n) is 16.9. The standard InChI is InChI=1S/C22H24N4O3/c1-5-25-9-8-14-10-15(6-7-18(14)25)26-21(23-24-22(26)28)17-11-16(13(2)3)20(29-4)12-19(17)27/h6-13,27H,5H2,1-4H3,(H,24,28). The second-order valence-corrected chi connectivity index (χ2v) is 7.30. The summed E-state index contributed by atoms with van der Waals surface area (Å²) in [6, 6.07) is 11.3. The molecule has 2 aromatic heterocycles. The number of nitrogens with zero attached hydrogens (tertiary/aromatic N) is 3. The molecule has 29 heavy (non-hydrogen) atoms. The molecule has 0 unspecified atom stereocenters. The molecule has 0 atom stereocenters. The van der Waals surface area contributed by atoms with E-state index in [1.54, 1.807) is 13.2 Å². The Balaban J connectivity index is 1.91. The summed E-state index contributed by atoms with van der Waals surface area (Å²) in [4.78, 5) is 12.6. The number of phenols is 1. The van der Waals surface area contributed by atoms with Crippen molar-refractivity contribution < 1.29 is 9.84 Å². The molecular weight excluding hydrogens is 368 g/mol. The van der Waals surface area contributed by atoms with Crippen LogP contribution in [0.15, 0.2) is 47.4 Å². The van der Waals surface area contributed by atoms with Gasteiger partial charge in [0.1, 0.15) is 11.5 Å². The van der Waals surface area contributed by atoms with Crippen LogP contribution in [0.4, 0.5) is 0 Å². The van der Waals surface area contributed by atoms with E-state index in [9.17, 15) is 9.90 Å². The normalized spacial score (nSPS) is 11.5. The van der Waals surface area contributed by atoms with Crippen molar-refractivity contribution in [3.8, 4) is 28.6 Å². The lowest BCUT2D eigenvalue weighted by molar-refractivity contribution is 0.401. The van der Waals surface area contributed by atoms with E-state index in [2.05, 4.69) is 21.7 Å². The first-order valence-electron chi connectivity index (χ1n) is 9.62. The molecule has 0 amide bonds. The lowest BCUT2D eigenvalue weighted by atomic mass is 9.98. The summed E-state index contributed by atoms with van der Waals surface area (Å²) < 4.78 is 9.02. The number of aromatic hydroxyl groups is 1. The van der Waals surface area contributed by atoms with Crippen LogP contribution in [0.25, 0.3) is 28.0 Å². The van der Waals surface area contributed by atoms with Gasteiger partial charge in [-0.25, -0.2) is 14.5 Å². The van der Waals surface area contributed by atoms with Gasteiger partial charge in [0, 0.05) is 29.7 Å². The zero-order chi connectivity index (χ0) is 20.7. The number of hydrogen-bond donors (Lipinski definition) is 2. The highest BCUT2D eigenvalue weighted by Gasteiger charge is 2.20. The molecule has 0 fully saturated rings. The van der Waals surface area contributed by atoms with Crippen LogP contribution in [0.5, 0.6) is 11.5 Å². The number of aromatic nitrogens is 4. The van der Waals surface area contributed by atoms with Crippen molar-refractivity contribution in [1.82, 2.24) is 19.3 Å². The van der Waals surface area contributed by atoms with Gasteiger partial charge in [0.15, 0.2) is 5.82 Å². The van der Waals surface area contributed by atoms with E-state index in [1.807, 2.05) is 50.4 Å². The molecule has 7 heteroatoms. The van der Waals surface area contributed by atoms with Gasteiger partial charge in [-0.1, -0.05) is 13.8 Å². The van der Waals surface area contributed by atoms with Crippen molar-refractivity contribution in [2.24, 2.45) is 0 Å². The smallest absolute Gasteiger partial charge is 0.348 e. The summed E-state index contributed by atoms with van der Waals surface area (Å²) in [6.07, 6.45) is 2.03. The van der Waals surface area contributed by atoms with Gasteiger partial charge in [-0.05, 0) is 48.7 Å². The summed E-state index contributed by atoms with van der Waals surface area (Å²) in [5.74, 6) is 1.14. The Kier molecular flexibility index (Phi) is 4.66. The Morgan fingerprint density at radius 1 is 1.21 bits per heavy atom. The van der Waals surface area contributed by atoms with Gasteiger partial charge in [0.05, 0.1) is 18.4 Å². The molecule has 0 aliphatic rings. The van der Waals surface area contributed by atoms with Crippen molar-refractivity contribution in [2.45, 2.75) is 33.2 Å². The molecular formula is C22H24N4O3. The van der Waals surface area contributed by atoms with Crippen LogP contribution >= 0.6 is 0 Å². The first-order valence-corrected chi connectivity index (χ1v) is 9.62. The molecule has 2 aromatic carbocycles. The summed E-state index contributed by atoms with van der Waals surface area (Å²) in [6.45, 7) is 7.05. The third-order valence-electron chi connectivity index (χ3n) is 5.24. The molecule has 0 radical (unpaired) electrons. The molecule has 2 N–H and O–H groups in total. The second kappa shape index (κ2) is 7.16. The Morgan fingerprint density at radius 3 is 2.69 bits per heavy atom. The molecule has 0 spiro atoms. The third-order valence-corrected chi connectivity index (χ3v) is 5.24. The minimum atomic E-state index is -0.365. The van der Waals surface area contributed by atoms with Crippen LogP contribution < -0.4 is 10.4 Å². The molecule has 0 saturated carbocycles. The number of nitrogens with one attached hydrogen (secondary N) is 1. The number of aromatic amines is 1. The molecule has 7 nitrogen and oxygen atoms in total. The molecule has 2 heterocycles. The van der Waals surface area contributed by atoms with Gasteiger partial charge in [0.25, 0.3) is 0 Å². The average molecular weight is 392 g/mol. The van der Waals surface area contributed by atoms with Crippen LogP contribution in [0.3, 0.4) is 0 Å². The predicted molar refractivity (Wildman–Crippen MR) is 113 cm³/mol. The highest BCUT2D eigenvalue weighted by Crippen LogP contribution is 2.38. The van der Waals surface area contributed by atoms with E-state index in [0.29, 0.717) is 22.8 Å².